The number of phosphoric ester groups is 2. The summed E-state index contributed by atoms with van der Waals surface area (Å²) in [7, 11) is 3.93. The van der Waals surface area contributed by atoms with Crippen LogP contribution in [0.15, 0.2) is 12.3 Å². The van der Waals surface area contributed by atoms with Crippen LogP contribution in [-0.2, 0) is 73.0 Å². The number of allylic oxidation sites excluding steroid dienone is 1. The topological polar surface area (TPSA) is 191 Å². The first kappa shape index (κ1) is 62.2. The van der Waals surface area contributed by atoms with Crippen LogP contribution in [0.25, 0.3) is 0 Å². The molecule has 1 saturated carbocycles. The van der Waals surface area contributed by atoms with Gasteiger partial charge in [-0.2, -0.15) is 0 Å². The molecule has 1 fully saturated rings. The maximum absolute atomic E-state index is 11.6. The second kappa shape index (κ2) is 37.6. The average Bonchev–Trinajstić information content (AvgIpc) is 3.15. The molecule has 0 bridgehead atoms. The van der Waals surface area contributed by atoms with Crippen molar-refractivity contribution < 1.29 is 73.0 Å². The van der Waals surface area contributed by atoms with Crippen molar-refractivity contribution in [2.75, 3.05) is 91.1 Å². The summed E-state index contributed by atoms with van der Waals surface area (Å²) in [5.74, 6) is 0.339. The number of phosphoric acid groups is 2. The Hall–Kier alpha value is -0.0200. The fraction of sp³-hybridized carbons (Fsp3) is 0.938. The van der Waals surface area contributed by atoms with Crippen molar-refractivity contribution in [3.05, 3.63) is 12.3 Å². The zero-order chi connectivity index (χ0) is 42.7. The highest BCUT2D eigenvalue weighted by Gasteiger charge is 2.29. The van der Waals surface area contributed by atoms with Gasteiger partial charge in [-0.1, -0.05) is 60.5 Å². The Bertz CT molecular complexity index is 956. The molecule has 0 aliphatic heterocycles. The third-order valence-electron chi connectivity index (χ3n) is 6.37. The first-order valence-electron chi connectivity index (χ1n) is 17.1. The summed E-state index contributed by atoms with van der Waals surface area (Å²) in [4.78, 5) is 0. The molecule has 326 valence electrons. The van der Waals surface area contributed by atoms with Gasteiger partial charge in [0.1, 0.15) is 6.79 Å². The number of nitrogens with one attached hydrogen (secondary N) is 1. The molecule has 0 aromatic rings. The van der Waals surface area contributed by atoms with Gasteiger partial charge in [-0.05, 0) is 39.0 Å². The zero-order valence-corrected chi connectivity index (χ0v) is 39.6. The maximum Gasteiger partial charge on any atom is 0.474 e. The van der Waals surface area contributed by atoms with E-state index in [2.05, 4.69) is 46.4 Å². The highest BCUT2D eigenvalue weighted by atomic mass is 31.2. The summed E-state index contributed by atoms with van der Waals surface area (Å²) in [5, 5.41) is 2.92. The van der Waals surface area contributed by atoms with E-state index in [1.807, 2.05) is 20.9 Å². The van der Waals surface area contributed by atoms with Gasteiger partial charge in [0.2, 0.25) is 0 Å². The van der Waals surface area contributed by atoms with Crippen molar-refractivity contribution >= 4 is 30.8 Å². The van der Waals surface area contributed by atoms with Crippen molar-refractivity contribution in [1.29, 1.82) is 0 Å². The molecule has 17 nitrogen and oxygen atoms in total. The minimum atomic E-state index is -3.25. The normalized spacial score (nSPS) is 13.5. The van der Waals surface area contributed by atoms with Gasteiger partial charge in [0.25, 0.3) is 0 Å². The number of rotatable bonds is 19. The van der Waals surface area contributed by atoms with Crippen LogP contribution in [0.3, 0.4) is 0 Å². The van der Waals surface area contributed by atoms with Crippen LogP contribution in [0.2, 0.25) is 0 Å². The molecule has 0 spiro atoms. The molecule has 53 heavy (non-hydrogen) atoms. The van der Waals surface area contributed by atoms with E-state index in [1.165, 1.54) is 63.3 Å². The van der Waals surface area contributed by atoms with Crippen molar-refractivity contribution in [2.45, 2.75) is 105 Å². The molecule has 0 unspecified atom stereocenters. The van der Waals surface area contributed by atoms with Gasteiger partial charge in [-0.15, -0.1) is 0 Å². The van der Waals surface area contributed by atoms with E-state index in [-0.39, 0.29) is 17.9 Å². The number of hydrogen-bond acceptors (Lipinski definition) is 17. The summed E-state index contributed by atoms with van der Waals surface area (Å²) < 4.78 is 101. The van der Waals surface area contributed by atoms with Gasteiger partial charge in [-0.3, -0.25) is 36.3 Å². The molecule has 0 heterocycles. The van der Waals surface area contributed by atoms with Crippen LogP contribution in [0, 0.1) is 5.92 Å². The summed E-state index contributed by atoms with van der Waals surface area (Å²) in [5.41, 5.74) is 1.03. The highest BCUT2D eigenvalue weighted by Crippen LogP contribution is 2.52. The lowest BCUT2D eigenvalue weighted by molar-refractivity contribution is -0.00272. The van der Waals surface area contributed by atoms with Crippen molar-refractivity contribution in [3.63, 3.8) is 0 Å². The number of methoxy groups -OCH3 is 2. The number of ether oxygens (including phenoxy) is 2. The Labute approximate surface area is 322 Å². The molecule has 0 amide bonds. The molecular formula is C32H77NO16P4. The van der Waals surface area contributed by atoms with E-state index in [1.54, 1.807) is 41.9 Å². The third kappa shape index (κ3) is 37.3. The van der Waals surface area contributed by atoms with Crippen LogP contribution < -0.4 is 5.32 Å². The Balaban J connectivity index is -0.000000178. The largest absolute Gasteiger partial charge is 0.474 e. The molecule has 1 aliphatic carbocycles. The molecule has 1 aliphatic rings. The van der Waals surface area contributed by atoms with E-state index in [0.29, 0.717) is 18.9 Å². The second-order valence-corrected chi connectivity index (χ2v) is 20.4. The lowest BCUT2D eigenvalue weighted by Crippen LogP contribution is -2.16. The Morgan fingerprint density at radius 3 is 1.23 bits per heavy atom. The molecule has 0 aromatic heterocycles. The molecule has 21 heteroatoms. The fourth-order valence-electron chi connectivity index (χ4n) is 3.39. The van der Waals surface area contributed by atoms with E-state index in [0.717, 1.165) is 37.8 Å². The van der Waals surface area contributed by atoms with Crippen molar-refractivity contribution in [1.82, 2.24) is 5.32 Å². The highest BCUT2D eigenvalue weighted by molar-refractivity contribution is 7.54. The zero-order valence-electron chi connectivity index (χ0n) is 36.0. The lowest BCUT2D eigenvalue weighted by Gasteiger charge is -2.24. The van der Waals surface area contributed by atoms with Gasteiger partial charge in [0.05, 0.1) is 24.0 Å². The van der Waals surface area contributed by atoms with Crippen molar-refractivity contribution in [2.24, 2.45) is 5.92 Å². The maximum atomic E-state index is 11.6. The van der Waals surface area contributed by atoms with Crippen LogP contribution in [0.1, 0.15) is 87.0 Å². The first-order valence-corrected chi connectivity index (χ1v) is 23.4. The molecule has 0 atom stereocenters. The monoisotopic (exact) mass is 855 g/mol. The van der Waals surface area contributed by atoms with Gasteiger partial charge < -0.3 is 32.9 Å². The van der Waals surface area contributed by atoms with Crippen LogP contribution >= 0.6 is 30.8 Å². The van der Waals surface area contributed by atoms with Crippen LogP contribution in [-0.4, -0.2) is 109 Å². The Kier molecular flexibility index (Phi) is 44.1. The number of hydrogen-bond donors (Lipinski definition) is 1. The Morgan fingerprint density at radius 2 is 1.08 bits per heavy atom. The van der Waals surface area contributed by atoms with E-state index in [4.69, 9.17) is 27.1 Å². The van der Waals surface area contributed by atoms with Gasteiger partial charge >= 0.3 is 30.8 Å². The quantitative estimate of drug-likeness (QED) is 0.0952. The summed E-state index contributed by atoms with van der Waals surface area (Å²) in [6.45, 7) is 17.2. The predicted octanol–water partition coefficient (Wildman–Crippen LogP) is 9.92. The smallest absolute Gasteiger partial charge is 0.392 e. The lowest BCUT2D eigenvalue weighted by atomic mass is 9.98. The Morgan fingerprint density at radius 1 is 0.660 bits per heavy atom. The standard InChI is InChI=1S/C8H17O4P.C6H15O3P.C5H11N.C5H13O4P.C5H13O3P.C3H8O2/c1-10-13(9,11-2)12-8-6-4-3-5-7-8;1-6(2)5-10(7,8-3)9-4;1-4-5(2)6-3;1-5(2)9-10(6,7-3)8-4;1-5(2)9(6,7-3)8-4;1-4-3-5-2/h8H,3-7H2,1-2H3;6H,5H2,1-4H3;6H,2,4H2,1,3H3;5H,1-4H3;5H,1-4H3;3H2,1-2H3. The summed E-state index contributed by atoms with van der Waals surface area (Å²) in [6.07, 6.45) is 6.81. The average molecular weight is 856 g/mol. The summed E-state index contributed by atoms with van der Waals surface area (Å²) in [6, 6.07) is 0. The molecule has 0 aromatic carbocycles. The van der Waals surface area contributed by atoms with E-state index >= 15 is 0 Å². The van der Waals surface area contributed by atoms with Gasteiger partial charge in [0, 0.05) is 83.8 Å². The molecular weight excluding hydrogens is 778 g/mol. The molecule has 0 radical (unpaired) electrons. The minimum absolute atomic E-state index is 0.0412. The van der Waals surface area contributed by atoms with Crippen LogP contribution in [0.4, 0.5) is 0 Å². The van der Waals surface area contributed by atoms with Gasteiger partial charge in [-0.25, -0.2) is 9.13 Å². The van der Waals surface area contributed by atoms with E-state index < -0.39 is 30.8 Å². The van der Waals surface area contributed by atoms with Gasteiger partial charge in [0.15, 0.2) is 0 Å². The predicted molar refractivity (Wildman–Crippen MR) is 213 cm³/mol. The fourth-order valence-corrected chi connectivity index (χ4v) is 7.46. The first-order chi connectivity index (χ1) is 24.6. The molecule has 1 N–H and O–H groups in total. The summed E-state index contributed by atoms with van der Waals surface area (Å²) >= 11 is 0. The minimum Gasteiger partial charge on any atom is -0.392 e. The van der Waals surface area contributed by atoms with Crippen molar-refractivity contribution in [3.8, 4) is 0 Å². The van der Waals surface area contributed by atoms with E-state index in [9.17, 15) is 18.3 Å². The third-order valence-corrected chi connectivity index (χ3v) is 14.0. The second-order valence-electron chi connectivity index (χ2n) is 11.6. The molecule has 0 saturated heterocycles. The van der Waals surface area contributed by atoms with Crippen LogP contribution in [0.5, 0.6) is 0 Å². The molecule has 1 rings (SSSR count). The SMILES string of the molecule is C=C(CC)NC.COCOC.COP(=O)(CC(C)C)OC.COP(=O)(OC)C(C)C.COP(=O)(OC)OC(C)C.COP(=O)(OC)OC1CCCCC1.